The van der Waals surface area contributed by atoms with Crippen LogP contribution in [0.1, 0.15) is 62.9 Å². The van der Waals surface area contributed by atoms with Crippen LogP contribution in [0, 0.1) is 11.3 Å². The molecule has 0 bridgehead atoms. The molecule has 1 atom stereocenters. The standard InChI is InChI=1S/C24H30O2/c1-5-6-14-24(4)15-20-19(23(24)25)12-13-21(26-16-17(2)3)22(20)18-10-8-7-9-11-18/h7-13,17H,5-6,14-16H2,1-4H3. The number of hydrogen-bond acceptors (Lipinski definition) is 2. The summed E-state index contributed by atoms with van der Waals surface area (Å²) in [6, 6.07) is 14.3. The zero-order chi connectivity index (χ0) is 18.7. The van der Waals surface area contributed by atoms with Gasteiger partial charge in [-0.15, -0.1) is 0 Å². The highest BCUT2D eigenvalue weighted by molar-refractivity contribution is 6.07. The Bertz CT molecular complexity index is 776. The van der Waals surface area contributed by atoms with Crippen LogP contribution >= 0.6 is 0 Å². The van der Waals surface area contributed by atoms with Gasteiger partial charge in [-0.1, -0.05) is 70.9 Å². The van der Waals surface area contributed by atoms with Crippen LogP contribution in [0.15, 0.2) is 42.5 Å². The summed E-state index contributed by atoms with van der Waals surface area (Å²) in [4.78, 5) is 13.1. The molecule has 0 amide bonds. The highest BCUT2D eigenvalue weighted by Crippen LogP contribution is 2.47. The third kappa shape index (κ3) is 3.56. The number of unbranched alkanes of at least 4 members (excludes halogenated alkanes) is 1. The molecule has 0 aliphatic heterocycles. The highest BCUT2D eigenvalue weighted by atomic mass is 16.5. The molecule has 2 heteroatoms. The van der Waals surface area contributed by atoms with E-state index in [1.807, 2.05) is 30.3 Å². The predicted molar refractivity (Wildman–Crippen MR) is 108 cm³/mol. The van der Waals surface area contributed by atoms with Crippen molar-refractivity contribution in [2.75, 3.05) is 6.61 Å². The number of ketones is 1. The minimum atomic E-state index is -0.279. The molecule has 0 saturated heterocycles. The summed E-state index contributed by atoms with van der Waals surface area (Å²) in [6.07, 6.45) is 3.97. The summed E-state index contributed by atoms with van der Waals surface area (Å²) in [6.45, 7) is 9.30. The lowest BCUT2D eigenvalue weighted by molar-refractivity contribution is 0.0827. The number of rotatable bonds is 7. The summed E-state index contributed by atoms with van der Waals surface area (Å²) >= 11 is 0. The molecule has 2 aromatic carbocycles. The number of ether oxygens (including phenoxy) is 1. The van der Waals surface area contributed by atoms with Gasteiger partial charge in [0.2, 0.25) is 0 Å². The third-order valence-electron chi connectivity index (χ3n) is 5.35. The normalized spacial score (nSPS) is 19.0. The van der Waals surface area contributed by atoms with Crippen molar-refractivity contribution in [1.82, 2.24) is 0 Å². The molecule has 0 N–H and O–H groups in total. The largest absolute Gasteiger partial charge is 0.493 e. The molecule has 2 aromatic rings. The first kappa shape index (κ1) is 18.7. The first-order valence-electron chi connectivity index (χ1n) is 9.85. The Morgan fingerprint density at radius 1 is 1.12 bits per heavy atom. The average molecular weight is 351 g/mol. The number of carbonyl (C=O) groups is 1. The summed E-state index contributed by atoms with van der Waals surface area (Å²) in [5.74, 6) is 1.66. The zero-order valence-electron chi connectivity index (χ0n) is 16.5. The number of Topliss-reactive ketones (excluding diaryl/α,β-unsaturated/α-hetero) is 1. The second-order valence-electron chi connectivity index (χ2n) is 8.21. The molecule has 1 aliphatic carbocycles. The monoisotopic (exact) mass is 350 g/mol. The molecule has 0 heterocycles. The van der Waals surface area contributed by atoms with Crippen LogP contribution in [-0.2, 0) is 6.42 Å². The summed E-state index contributed by atoms with van der Waals surface area (Å²) in [7, 11) is 0. The van der Waals surface area contributed by atoms with Crippen LogP contribution in [0.2, 0.25) is 0 Å². The lowest BCUT2D eigenvalue weighted by Crippen LogP contribution is -2.23. The number of carbonyl (C=O) groups excluding carboxylic acids is 1. The number of hydrogen-bond donors (Lipinski definition) is 0. The maximum atomic E-state index is 13.1. The van der Waals surface area contributed by atoms with Crippen molar-refractivity contribution in [3.63, 3.8) is 0 Å². The summed E-state index contributed by atoms with van der Waals surface area (Å²) in [5.41, 5.74) is 4.02. The molecule has 0 aromatic heterocycles. The maximum absolute atomic E-state index is 13.1. The fourth-order valence-electron chi connectivity index (χ4n) is 3.89. The molecule has 0 spiro atoms. The van der Waals surface area contributed by atoms with Gasteiger partial charge < -0.3 is 4.74 Å². The van der Waals surface area contributed by atoms with Crippen molar-refractivity contribution in [1.29, 1.82) is 0 Å². The zero-order valence-corrected chi connectivity index (χ0v) is 16.5. The number of benzene rings is 2. The van der Waals surface area contributed by atoms with E-state index in [1.165, 1.54) is 5.56 Å². The third-order valence-corrected chi connectivity index (χ3v) is 5.35. The van der Waals surface area contributed by atoms with Gasteiger partial charge in [-0.05, 0) is 42.0 Å². The van der Waals surface area contributed by atoms with Gasteiger partial charge in [-0.25, -0.2) is 0 Å². The van der Waals surface area contributed by atoms with Gasteiger partial charge in [0.15, 0.2) is 5.78 Å². The molecule has 26 heavy (non-hydrogen) atoms. The lowest BCUT2D eigenvalue weighted by atomic mass is 9.81. The predicted octanol–water partition coefficient (Wildman–Crippen LogP) is 6.32. The van der Waals surface area contributed by atoms with Gasteiger partial charge in [0.05, 0.1) is 6.61 Å². The molecule has 1 aliphatic rings. The fourth-order valence-corrected chi connectivity index (χ4v) is 3.89. The highest BCUT2D eigenvalue weighted by Gasteiger charge is 2.42. The first-order chi connectivity index (χ1) is 12.5. The SMILES string of the molecule is CCCCC1(C)Cc2c(ccc(OCC(C)C)c2-c2ccccc2)C1=O. The smallest absolute Gasteiger partial charge is 0.169 e. The minimum Gasteiger partial charge on any atom is -0.493 e. The van der Waals surface area contributed by atoms with Crippen molar-refractivity contribution in [2.45, 2.75) is 53.4 Å². The maximum Gasteiger partial charge on any atom is 0.169 e. The molecular weight excluding hydrogens is 320 g/mol. The second kappa shape index (κ2) is 7.65. The van der Waals surface area contributed by atoms with Gasteiger partial charge in [-0.3, -0.25) is 4.79 Å². The van der Waals surface area contributed by atoms with E-state index in [-0.39, 0.29) is 5.41 Å². The van der Waals surface area contributed by atoms with E-state index in [0.717, 1.165) is 48.1 Å². The van der Waals surface area contributed by atoms with Crippen LogP contribution in [0.25, 0.3) is 11.1 Å². The molecule has 138 valence electrons. The molecule has 3 rings (SSSR count). The van der Waals surface area contributed by atoms with Crippen molar-refractivity contribution >= 4 is 5.78 Å². The number of fused-ring (bicyclic) bond motifs is 1. The van der Waals surface area contributed by atoms with Crippen molar-refractivity contribution in [2.24, 2.45) is 11.3 Å². The van der Waals surface area contributed by atoms with E-state index in [4.69, 9.17) is 4.74 Å². The molecule has 0 saturated carbocycles. The molecule has 0 fully saturated rings. The van der Waals surface area contributed by atoms with Crippen molar-refractivity contribution in [3.8, 4) is 16.9 Å². The van der Waals surface area contributed by atoms with Gasteiger partial charge in [0, 0.05) is 16.5 Å². The van der Waals surface area contributed by atoms with Crippen LogP contribution in [0.4, 0.5) is 0 Å². The van der Waals surface area contributed by atoms with Crippen LogP contribution in [-0.4, -0.2) is 12.4 Å². The van der Waals surface area contributed by atoms with Gasteiger partial charge in [0.25, 0.3) is 0 Å². The molecule has 0 radical (unpaired) electrons. The van der Waals surface area contributed by atoms with Crippen LogP contribution in [0.3, 0.4) is 0 Å². The van der Waals surface area contributed by atoms with E-state index >= 15 is 0 Å². The average Bonchev–Trinajstić information content (AvgIpc) is 2.89. The molecule has 1 unspecified atom stereocenters. The Morgan fingerprint density at radius 3 is 2.50 bits per heavy atom. The van der Waals surface area contributed by atoms with Gasteiger partial charge >= 0.3 is 0 Å². The van der Waals surface area contributed by atoms with E-state index in [1.54, 1.807) is 0 Å². The van der Waals surface area contributed by atoms with E-state index in [2.05, 4.69) is 39.8 Å². The van der Waals surface area contributed by atoms with E-state index < -0.39 is 0 Å². The van der Waals surface area contributed by atoms with Gasteiger partial charge in [-0.2, -0.15) is 0 Å². The second-order valence-corrected chi connectivity index (χ2v) is 8.21. The van der Waals surface area contributed by atoms with Crippen molar-refractivity contribution < 1.29 is 9.53 Å². The fraction of sp³-hybridized carbons (Fsp3) is 0.458. The Balaban J connectivity index is 2.08. The lowest BCUT2D eigenvalue weighted by Gasteiger charge is -2.21. The van der Waals surface area contributed by atoms with E-state index in [0.29, 0.717) is 18.3 Å². The van der Waals surface area contributed by atoms with Crippen LogP contribution in [0.5, 0.6) is 5.75 Å². The Kier molecular flexibility index (Phi) is 5.50. The van der Waals surface area contributed by atoms with Crippen LogP contribution < -0.4 is 4.74 Å². The van der Waals surface area contributed by atoms with Crippen molar-refractivity contribution in [3.05, 3.63) is 53.6 Å². The molecular formula is C24H30O2. The topological polar surface area (TPSA) is 26.3 Å². The Morgan fingerprint density at radius 2 is 1.85 bits per heavy atom. The summed E-state index contributed by atoms with van der Waals surface area (Å²) in [5, 5.41) is 0. The summed E-state index contributed by atoms with van der Waals surface area (Å²) < 4.78 is 6.15. The Labute approximate surface area is 157 Å². The van der Waals surface area contributed by atoms with Gasteiger partial charge in [0.1, 0.15) is 5.75 Å². The first-order valence-corrected chi connectivity index (χ1v) is 9.85. The molecule has 2 nitrogen and oxygen atoms in total. The quantitative estimate of drug-likeness (QED) is 0.584. The minimum absolute atomic E-state index is 0.279. The Hall–Kier alpha value is -2.09. The van der Waals surface area contributed by atoms with E-state index in [9.17, 15) is 4.79 Å².